The van der Waals surface area contributed by atoms with E-state index in [1.807, 2.05) is 0 Å². The molecule has 0 aliphatic carbocycles. The minimum Gasteiger partial charge on any atom is -0.478 e. The summed E-state index contributed by atoms with van der Waals surface area (Å²) in [5.74, 6) is -2.72. The summed E-state index contributed by atoms with van der Waals surface area (Å²) in [5, 5.41) is 13.0. The summed E-state index contributed by atoms with van der Waals surface area (Å²) in [6, 6.07) is 2.76. The van der Waals surface area contributed by atoms with Crippen LogP contribution in [-0.4, -0.2) is 21.3 Å². The minimum absolute atomic E-state index is 0.143. The lowest BCUT2D eigenvalue weighted by Crippen LogP contribution is -2.03. The number of carbonyl (C=O) groups is 1. The molecule has 0 aliphatic heterocycles. The van der Waals surface area contributed by atoms with Crippen LogP contribution in [0.2, 0.25) is 0 Å². The highest BCUT2D eigenvalue weighted by Gasteiger charge is 2.36. The quantitative estimate of drug-likeness (QED) is 0.882. The number of aromatic carboxylic acids is 1. The molecule has 0 saturated carbocycles. The lowest BCUT2D eigenvalue weighted by atomic mass is 10.2. The molecule has 0 spiro atoms. The number of halogens is 4. The number of carboxylic acid groups (broad SMARTS) is 1. The smallest absolute Gasteiger partial charge is 0.445 e. The molecule has 0 saturated heterocycles. The number of alkyl halides is 3. The summed E-state index contributed by atoms with van der Waals surface area (Å²) in [4.78, 5) is 10.6. The molecule has 5 nitrogen and oxygen atoms in total. The first-order chi connectivity index (χ1) is 9.27. The van der Waals surface area contributed by atoms with Crippen molar-refractivity contribution >= 4 is 17.3 Å². The Morgan fingerprint density at radius 2 is 2.00 bits per heavy atom. The molecule has 2 aromatic rings. The average Bonchev–Trinajstić information content (AvgIpc) is 2.76. The third-order valence-electron chi connectivity index (χ3n) is 2.03. The number of carboxylic acids is 1. The second-order valence-electron chi connectivity index (χ2n) is 3.42. The van der Waals surface area contributed by atoms with Crippen molar-refractivity contribution in [1.29, 1.82) is 0 Å². The molecule has 1 N–H and O–H groups in total. The first-order valence-corrected chi connectivity index (χ1v) is 5.70. The summed E-state index contributed by atoms with van der Waals surface area (Å²) >= 11 is 0.143. The van der Waals surface area contributed by atoms with Crippen molar-refractivity contribution in [3.05, 3.63) is 34.6 Å². The second-order valence-corrected chi connectivity index (χ2v) is 4.36. The van der Waals surface area contributed by atoms with E-state index >= 15 is 0 Å². The van der Waals surface area contributed by atoms with Crippen molar-refractivity contribution in [2.24, 2.45) is 0 Å². The summed E-state index contributed by atoms with van der Waals surface area (Å²) in [5.41, 5.74) is -0.578. The van der Waals surface area contributed by atoms with Crippen LogP contribution in [0.3, 0.4) is 0 Å². The van der Waals surface area contributed by atoms with Crippen molar-refractivity contribution in [3.8, 4) is 10.9 Å². The number of aromatic nitrogens is 2. The van der Waals surface area contributed by atoms with Gasteiger partial charge in [-0.15, -0.1) is 5.10 Å². The Morgan fingerprint density at radius 3 is 2.50 bits per heavy atom. The zero-order valence-corrected chi connectivity index (χ0v) is 10.1. The van der Waals surface area contributed by atoms with Gasteiger partial charge in [0.1, 0.15) is 11.6 Å². The fraction of sp³-hybridized carbons (Fsp3) is 0.100. The molecule has 0 atom stereocenters. The maximum absolute atomic E-state index is 13.3. The summed E-state index contributed by atoms with van der Waals surface area (Å²) < 4.78 is 55.0. The number of rotatable bonds is 3. The van der Waals surface area contributed by atoms with Crippen LogP contribution in [0.25, 0.3) is 0 Å². The van der Waals surface area contributed by atoms with Gasteiger partial charge in [-0.05, 0) is 12.1 Å². The molecule has 106 valence electrons. The van der Waals surface area contributed by atoms with Gasteiger partial charge in [-0.25, -0.2) is 9.18 Å². The monoisotopic (exact) mass is 308 g/mol. The molecule has 1 aromatic carbocycles. The van der Waals surface area contributed by atoms with E-state index in [9.17, 15) is 22.4 Å². The standard InChI is InChI=1S/C10H4F4N2O3S/c11-6-3-4(1-2-5(6)7(17)18)19-9-16-15-8(20-9)10(12,13)14/h1-3H,(H,17,18). The fourth-order valence-electron chi connectivity index (χ4n) is 1.20. The maximum atomic E-state index is 13.3. The Kier molecular flexibility index (Phi) is 3.57. The normalized spacial score (nSPS) is 11.4. The zero-order valence-electron chi connectivity index (χ0n) is 9.31. The van der Waals surface area contributed by atoms with Gasteiger partial charge >= 0.3 is 12.1 Å². The Labute approximate surface area is 112 Å². The highest BCUT2D eigenvalue weighted by Crippen LogP contribution is 2.35. The molecule has 0 bridgehead atoms. The topological polar surface area (TPSA) is 72.3 Å². The molecule has 0 unspecified atom stereocenters. The van der Waals surface area contributed by atoms with E-state index in [2.05, 4.69) is 10.2 Å². The number of hydrogen-bond acceptors (Lipinski definition) is 5. The van der Waals surface area contributed by atoms with Crippen LogP contribution < -0.4 is 4.74 Å². The third-order valence-corrected chi connectivity index (χ3v) is 2.87. The maximum Gasteiger partial charge on any atom is 0.445 e. The van der Waals surface area contributed by atoms with E-state index in [1.165, 1.54) is 0 Å². The highest BCUT2D eigenvalue weighted by molar-refractivity contribution is 7.13. The van der Waals surface area contributed by atoms with E-state index in [0.29, 0.717) is 0 Å². The summed E-state index contributed by atoms with van der Waals surface area (Å²) in [7, 11) is 0. The highest BCUT2D eigenvalue weighted by atomic mass is 32.1. The van der Waals surface area contributed by atoms with Gasteiger partial charge in [-0.3, -0.25) is 0 Å². The number of ether oxygens (including phenoxy) is 1. The average molecular weight is 308 g/mol. The van der Waals surface area contributed by atoms with E-state index in [1.54, 1.807) is 0 Å². The third kappa shape index (κ3) is 3.02. The van der Waals surface area contributed by atoms with Crippen LogP contribution in [0.1, 0.15) is 15.4 Å². The zero-order chi connectivity index (χ0) is 14.9. The molecule has 1 aromatic heterocycles. The summed E-state index contributed by atoms with van der Waals surface area (Å²) in [6.45, 7) is 0. The van der Waals surface area contributed by atoms with Crippen molar-refractivity contribution in [2.45, 2.75) is 6.18 Å². The van der Waals surface area contributed by atoms with Crippen LogP contribution in [0.5, 0.6) is 10.9 Å². The van der Waals surface area contributed by atoms with Crippen LogP contribution in [0.4, 0.5) is 17.6 Å². The van der Waals surface area contributed by atoms with Crippen LogP contribution >= 0.6 is 11.3 Å². The molecular formula is C10H4F4N2O3S. The van der Waals surface area contributed by atoms with Crippen LogP contribution in [-0.2, 0) is 6.18 Å². The molecule has 0 aliphatic rings. The second kappa shape index (κ2) is 5.04. The number of benzene rings is 1. The van der Waals surface area contributed by atoms with E-state index in [-0.39, 0.29) is 17.1 Å². The van der Waals surface area contributed by atoms with Gasteiger partial charge in [-0.1, -0.05) is 16.4 Å². The Bertz CT molecular complexity index is 656. The predicted molar refractivity (Wildman–Crippen MR) is 58.3 cm³/mol. The van der Waals surface area contributed by atoms with Gasteiger partial charge in [0, 0.05) is 6.07 Å². The van der Waals surface area contributed by atoms with Gasteiger partial charge in [0.05, 0.1) is 5.56 Å². The van der Waals surface area contributed by atoms with Gasteiger partial charge in [0.15, 0.2) is 0 Å². The molecule has 0 radical (unpaired) electrons. The lowest BCUT2D eigenvalue weighted by Gasteiger charge is -2.02. The lowest BCUT2D eigenvalue weighted by molar-refractivity contribution is -0.138. The van der Waals surface area contributed by atoms with Crippen LogP contribution in [0.15, 0.2) is 18.2 Å². The molecule has 10 heteroatoms. The SMILES string of the molecule is O=C(O)c1ccc(Oc2nnc(C(F)(F)F)s2)cc1F. The largest absolute Gasteiger partial charge is 0.478 e. The number of hydrogen-bond donors (Lipinski definition) is 1. The number of nitrogens with zero attached hydrogens (tertiary/aromatic N) is 2. The first-order valence-electron chi connectivity index (χ1n) is 4.89. The van der Waals surface area contributed by atoms with E-state index in [4.69, 9.17) is 9.84 Å². The van der Waals surface area contributed by atoms with Gasteiger partial charge in [0.25, 0.3) is 5.19 Å². The van der Waals surface area contributed by atoms with E-state index in [0.717, 1.165) is 18.2 Å². The molecule has 1 heterocycles. The summed E-state index contributed by atoms with van der Waals surface area (Å²) in [6.07, 6.45) is -4.64. The van der Waals surface area contributed by atoms with Gasteiger partial charge in [-0.2, -0.15) is 13.2 Å². The van der Waals surface area contributed by atoms with Crippen LogP contribution in [0, 0.1) is 5.82 Å². The Morgan fingerprint density at radius 1 is 1.30 bits per heavy atom. The fourth-order valence-corrected chi connectivity index (χ4v) is 1.78. The Hall–Kier alpha value is -2.23. The van der Waals surface area contributed by atoms with Crippen molar-refractivity contribution < 1.29 is 32.2 Å². The van der Waals surface area contributed by atoms with Crippen molar-refractivity contribution in [3.63, 3.8) is 0 Å². The molecule has 20 heavy (non-hydrogen) atoms. The molecular weight excluding hydrogens is 304 g/mol. The first kappa shape index (κ1) is 14.2. The van der Waals surface area contributed by atoms with E-state index < -0.39 is 33.7 Å². The van der Waals surface area contributed by atoms with Gasteiger partial charge in [0.2, 0.25) is 5.01 Å². The molecule has 2 rings (SSSR count). The molecule has 0 amide bonds. The predicted octanol–water partition coefficient (Wildman–Crippen LogP) is 3.19. The molecule has 0 fully saturated rings. The van der Waals surface area contributed by atoms with Gasteiger partial charge < -0.3 is 9.84 Å². The Balaban J connectivity index is 2.20. The van der Waals surface area contributed by atoms with Crippen molar-refractivity contribution in [2.75, 3.05) is 0 Å². The minimum atomic E-state index is -4.64. The van der Waals surface area contributed by atoms with Crippen molar-refractivity contribution in [1.82, 2.24) is 10.2 Å².